The summed E-state index contributed by atoms with van der Waals surface area (Å²) in [4.78, 5) is 2.16. The molecule has 0 saturated carbocycles. The number of sulfone groups is 1. The Kier molecular flexibility index (Phi) is 4.98. The van der Waals surface area contributed by atoms with E-state index < -0.39 is 21.6 Å². The molecule has 0 radical (unpaired) electrons. The van der Waals surface area contributed by atoms with Crippen LogP contribution in [-0.2, 0) is 22.6 Å². The second-order valence-corrected chi connectivity index (χ2v) is 8.39. The molecule has 140 valence electrons. The van der Waals surface area contributed by atoms with Gasteiger partial charge in [-0.2, -0.15) is 13.2 Å². The van der Waals surface area contributed by atoms with E-state index in [0.29, 0.717) is 30.9 Å². The Bertz CT molecular complexity index is 891. The lowest BCUT2D eigenvalue weighted by Crippen LogP contribution is -2.53. The highest BCUT2D eigenvalue weighted by Crippen LogP contribution is 2.30. The maximum atomic E-state index is 12.7. The molecule has 2 aromatic rings. The van der Waals surface area contributed by atoms with Gasteiger partial charge in [0.05, 0.1) is 10.5 Å². The van der Waals surface area contributed by atoms with Crippen LogP contribution >= 0.6 is 0 Å². The molecule has 1 aliphatic rings. The molecule has 3 rings (SSSR count). The Balaban J connectivity index is 1.55. The first kappa shape index (κ1) is 18.7. The molecular formula is C18H18F3NO3S. The van der Waals surface area contributed by atoms with Crippen molar-refractivity contribution in [3.05, 3.63) is 59.7 Å². The molecule has 4 nitrogen and oxygen atoms in total. The molecule has 1 aliphatic heterocycles. The minimum atomic E-state index is -4.35. The van der Waals surface area contributed by atoms with Crippen LogP contribution in [0.15, 0.2) is 53.4 Å². The molecule has 8 heteroatoms. The maximum absolute atomic E-state index is 12.7. The Morgan fingerprint density at radius 2 is 1.81 bits per heavy atom. The van der Waals surface area contributed by atoms with Crippen molar-refractivity contribution in [1.29, 1.82) is 0 Å². The monoisotopic (exact) mass is 385 g/mol. The second kappa shape index (κ2) is 6.92. The van der Waals surface area contributed by atoms with E-state index in [1.807, 2.05) is 4.90 Å². The predicted octanol–water partition coefficient (Wildman–Crippen LogP) is 3.37. The summed E-state index contributed by atoms with van der Waals surface area (Å²) in [6.45, 7) is 1.55. The standard InChI is InChI=1S/C18H18F3NO3S/c1-26(23,24)17-7-3-6-15(9-17)25-16-11-22(12-16)10-13-4-2-5-14(8-13)18(19,20)21/h2-9,16H,10-12H2,1H3. The van der Waals surface area contributed by atoms with Crippen LogP contribution in [0, 0.1) is 0 Å². The summed E-state index contributed by atoms with van der Waals surface area (Å²) in [5.41, 5.74) is -0.0572. The predicted molar refractivity (Wildman–Crippen MR) is 90.7 cm³/mol. The summed E-state index contributed by atoms with van der Waals surface area (Å²) >= 11 is 0. The smallest absolute Gasteiger partial charge is 0.416 e. The number of halogens is 3. The van der Waals surface area contributed by atoms with Gasteiger partial charge in [0.2, 0.25) is 0 Å². The number of alkyl halides is 3. The van der Waals surface area contributed by atoms with Crippen molar-refractivity contribution >= 4 is 9.84 Å². The number of rotatable bonds is 5. The third-order valence-electron chi connectivity index (χ3n) is 4.12. The van der Waals surface area contributed by atoms with E-state index in [-0.39, 0.29) is 11.0 Å². The topological polar surface area (TPSA) is 46.6 Å². The van der Waals surface area contributed by atoms with Crippen LogP contribution in [-0.4, -0.2) is 38.8 Å². The summed E-state index contributed by atoms with van der Waals surface area (Å²) < 4.78 is 67.1. The Labute approximate surface area is 150 Å². The van der Waals surface area contributed by atoms with Gasteiger partial charge in [-0.05, 0) is 29.8 Å². The van der Waals surface area contributed by atoms with Gasteiger partial charge in [0.1, 0.15) is 11.9 Å². The van der Waals surface area contributed by atoms with E-state index in [1.54, 1.807) is 18.2 Å². The first-order valence-corrected chi connectivity index (χ1v) is 9.86. The highest BCUT2D eigenvalue weighted by Gasteiger charge is 2.32. The average Bonchev–Trinajstić information content (AvgIpc) is 2.52. The van der Waals surface area contributed by atoms with E-state index in [4.69, 9.17) is 4.74 Å². The Morgan fingerprint density at radius 3 is 2.46 bits per heavy atom. The molecule has 0 atom stereocenters. The van der Waals surface area contributed by atoms with Crippen molar-refractivity contribution in [2.24, 2.45) is 0 Å². The molecule has 0 N–H and O–H groups in total. The minimum absolute atomic E-state index is 0.115. The molecule has 2 aromatic carbocycles. The number of hydrogen-bond acceptors (Lipinski definition) is 4. The maximum Gasteiger partial charge on any atom is 0.416 e. The zero-order valence-electron chi connectivity index (χ0n) is 14.0. The minimum Gasteiger partial charge on any atom is -0.488 e. The van der Waals surface area contributed by atoms with Gasteiger partial charge in [-0.25, -0.2) is 8.42 Å². The Morgan fingerprint density at radius 1 is 1.12 bits per heavy atom. The molecule has 1 saturated heterocycles. The van der Waals surface area contributed by atoms with Gasteiger partial charge in [0.15, 0.2) is 9.84 Å². The van der Waals surface area contributed by atoms with Crippen LogP contribution in [0.4, 0.5) is 13.2 Å². The third-order valence-corrected chi connectivity index (χ3v) is 5.23. The summed E-state index contributed by atoms with van der Waals surface area (Å²) in [5, 5.41) is 0. The molecule has 26 heavy (non-hydrogen) atoms. The highest BCUT2D eigenvalue weighted by molar-refractivity contribution is 7.90. The quantitative estimate of drug-likeness (QED) is 0.792. The number of benzene rings is 2. The number of ether oxygens (including phenoxy) is 1. The summed E-state index contributed by atoms with van der Waals surface area (Å²) in [5.74, 6) is 0.469. The van der Waals surface area contributed by atoms with Crippen LogP contribution < -0.4 is 4.74 Å². The van der Waals surface area contributed by atoms with Crippen molar-refractivity contribution in [3.63, 3.8) is 0 Å². The summed E-state index contributed by atoms with van der Waals surface area (Å²) in [6, 6.07) is 11.6. The molecule has 0 amide bonds. The van der Waals surface area contributed by atoms with Gasteiger partial charge in [-0.15, -0.1) is 0 Å². The van der Waals surface area contributed by atoms with Crippen LogP contribution in [0.1, 0.15) is 11.1 Å². The first-order valence-electron chi connectivity index (χ1n) is 7.96. The van der Waals surface area contributed by atoms with E-state index in [1.165, 1.54) is 18.2 Å². The number of nitrogens with zero attached hydrogens (tertiary/aromatic N) is 1. The fourth-order valence-corrected chi connectivity index (χ4v) is 3.46. The van der Waals surface area contributed by atoms with E-state index >= 15 is 0 Å². The lowest BCUT2D eigenvalue weighted by Gasteiger charge is -2.39. The van der Waals surface area contributed by atoms with Crippen LogP contribution in [0.5, 0.6) is 5.75 Å². The van der Waals surface area contributed by atoms with Crippen molar-refractivity contribution in [2.45, 2.75) is 23.7 Å². The molecular weight excluding hydrogens is 367 g/mol. The SMILES string of the molecule is CS(=O)(=O)c1cccc(OC2CN(Cc3cccc(C(F)(F)F)c3)C2)c1. The fraction of sp³-hybridized carbons (Fsp3) is 0.333. The van der Waals surface area contributed by atoms with E-state index in [9.17, 15) is 21.6 Å². The van der Waals surface area contributed by atoms with Crippen molar-refractivity contribution in [3.8, 4) is 5.75 Å². The molecule has 0 spiro atoms. The molecule has 1 fully saturated rings. The van der Waals surface area contributed by atoms with Gasteiger partial charge in [0.25, 0.3) is 0 Å². The highest BCUT2D eigenvalue weighted by atomic mass is 32.2. The van der Waals surface area contributed by atoms with Gasteiger partial charge in [-0.1, -0.05) is 24.3 Å². The van der Waals surface area contributed by atoms with Gasteiger partial charge >= 0.3 is 6.18 Å². The average molecular weight is 385 g/mol. The van der Waals surface area contributed by atoms with Crippen LogP contribution in [0.25, 0.3) is 0 Å². The van der Waals surface area contributed by atoms with Gasteiger partial charge in [-0.3, -0.25) is 4.90 Å². The second-order valence-electron chi connectivity index (χ2n) is 6.38. The lowest BCUT2D eigenvalue weighted by atomic mass is 10.1. The molecule has 0 aliphatic carbocycles. The number of likely N-dealkylation sites (tertiary alicyclic amines) is 1. The van der Waals surface area contributed by atoms with Crippen LogP contribution in [0.2, 0.25) is 0 Å². The molecule has 0 bridgehead atoms. The molecule has 1 heterocycles. The van der Waals surface area contributed by atoms with Gasteiger partial charge in [0, 0.05) is 25.9 Å². The van der Waals surface area contributed by atoms with Gasteiger partial charge < -0.3 is 4.74 Å². The zero-order chi connectivity index (χ0) is 18.9. The third kappa shape index (κ3) is 4.56. The van der Waals surface area contributed by atoms with E-state index in [2.05, 4.69) is 0 Å². The van der Waals surface area contributed by atoms with Crippen molar-refractivity contribution in [2.75, 3.05) is 19.3 Å². The number of hydrogen-bond donors (Lipinski definition) is 0. The molecule has 0 aromatic heterocycles. The lowest BCUT2D eigenvalue weighted by molar-refractivity contribution is -0.137. The summed E-state index contributed by atoms with van der Waals surface area (Å²) in [7, 11) is -3.30. The molecule has 0 unspecified atom stereocenters. The zero-order valence-corrected chi connectivity index (χ0v) is 14.8. The van der Waals surface area contributed by atoms with E-state index in [0.717, 1.165) is 18.4 Å². The largest absolute Gasteiger partial charge is 0.488 e. The van der Waals surface area contributed by atoms with Crippen LogP contribution in [0.3, 0.4) is 0 Å². The fourth-order valence-electron chi connectivity index (χ4n) is 2.80. The Hall–Kier alpha value is -2.06. The van der Waals surface area contributed by atoms with Crippen molar-refractivity contribution in [1.82, 2.24) is 4.90 Å². The summed E-state index contributed by atoms with van der Waals surface area (Å²) in [6.07, 6.45) is -3.33. The first-order chi connectivity index (χ1) is 12.1. The normalized spacial score (nSPS) is 16.3. The van der Waals surface area contributed by atoms with Crippen molar-refractivity contribution < 1.29 is 26.3 Å².